The molecule has 26 heavy (non-hydrogen) atoms. The van der Waals surface area contributed by atoms with Crippen LogP contribution in [0.4, 0.5) is 22.7 Å². The molecule has 3 aromatic rings. The molecule has 0 heterocycles. The van der Waals surface area contributed by atoms with Crippen LogP contribution in [0.2, 0.25) is 0 Å². The molecule has 3 aromatic carbocycles. The van der Waals surface area contributed by atoms with Gasteiger partial charge >= 0.3 is 0 Å². The molecule has 0 unspecified atom stereocenters. The third kappa shape index (κ3) is 5.93. The van der Waals surface area contributed by atoms with Crippen LogP contribution in [0.25, 0.3) is 0 Å². The van der Waals surface area contributed by atoms with E-state index in [0.717, 1.165) is 17.4 Å². The van der Waals surface area contributed by atoms with Crippen molar-refractivity contribution in [2.75, 3.05) is 10.9 Å². The lowest BCUT2D eigenvalue weighted by molar-refractivity contribution is -0.394. The highest BCUT2D eigenvalue weighted by Gasteiger charge is 2.11. The summed E-state index contributed by atoms with van der Waals surface area (Å²) in [7, 11) is 0. The van der Waals surface area contributed by atoms with Crippen molar-refractivity contribution in [3.63, 3.8) is 0 Å². The minimum absolute atomic E-state index is 0.274. The number of para-hydroxylation sites is 2. The van der Waals surface area contributed by atoms with Gasteiger partial charge in [0.15, 0.2) is 0 Å². The van der Waals surface area contributed by atoms with Gasteiger partial charge in [-0.15, -0.1) is 0 Å². The van der Waals surface area contributed by atoms with E-state index in [1.165, 1.54) is 18.2 Å². The summed E-state index contributed by atoms with van der Waals surface area (Å²) in [6.45, 7) is 0. The van der Waals surface area contributed by atoms with E-state index in [4.69, 9.17) is 0 Å². The molecule has 0 aliphatic carbocycles. The highest BCUT2D eigenvalue weighted by atomic mass is 16.6. The van der Waals surface area contributed by atoms with E-state index >= 15 is 0 Å². The van der Waals surface area contributed by atoms with E-state index in [-0.39, 0.29) is 11.4 Å². The maximum Gasteiger partial charge on any atom is 0.276 e. The minimum atomic E-state index is -0.674. The summed E-state index contributed by atoms with van der Waals surface area (Å²) < 4.78 is 0. The van der Waals surface area contributed by atoms with Crippen molar-refractivity contribution in [1.82, 2.24) is 0 Å². The quantitative estimate of drug-likeness (QED) is 0.512. The van der Waals surface area contributed by atoms with Crippen molar-refractivity contribution in [3.05, 3.63) is 105 Å². The SMILES string of the molecule is O=[N+]([O-])c1cccc([N+](=O)[O-])c1.c1ccc(NNc2ccccc2)cc1. The highest BCUT2D eigenvalue weighted by molar-refractivity contribution is 5.51. The number of benzene rings is 3. The van der Waals surface area contributed by atoms with Gasteiger partial charge in [-0.25, -0.2) is 0 Å². The van der Waals surface area contributed by atoms with Gasteiger partial charge in [-0.2, -0.15) is 0 Å². The van der Waals surface area contributed by atoms with Crippen LogP contribution in [0, 0.1) is 20.2 Å². The first-order valence-electron chi connectivity index (χ1n) is 7.57. The fourth-order valence-corrected chi connectivity index (χ4v) is 1.91. The average Bonchev–Trinajstić information content (AvgIpc) is 2.68. The Morgan fingerprint density at radius 3 is 1.31 bits per heavy atom. The first-order valence-corrected chi connectivity index (χ1v) is 7.57. The Labute approximate surface area is 149 Å². The molecule has 2 N–H and O–H groups in total. The van der Waals surface area contributed by atoms with Gasteiger partial charge in [0.25, 0.3) is 11.4 Å². The van der Waals surface area contributed by atoms with Crippen molar-refractivity contribution >= 4 is 22.7 Å². The van der Waals surface area contributed by atoms with Crippen LogP contribution in [0.15, 0.2) is 84.9 Å². The molecule has 0 aliphatic rings. The molecule has 0 amide bonds. The van der Waals surface area contributed by atoms with Gasteiger partial charge in [-0.05, 0) is 30.3 Å². The van der Waals surface area contributed by atoms with Crippen molar-refractivity contribution in [2.45, 2.75) is 0 Å². The van der Waals surface area contributed by atoms with E-state index in [0.29, 0.717) is 0 Å². The fourth-order valence-electron chi connectivity index (χ4n) is 1.91. The molecule has 8 heteroatoms. The molecule has 0 spiro atoms. The van der Waals surface area contributed by atoms with Crippen LogP contribution in [0.5, 0.6) is 0 Å². The molecule has 0 saturated carbocycles. The number of non-ortho nitro benzene ring substituents is 2. The Morgan fingerprint density at radius 1 is 0.577 bits per heavy atom. The average molecular weight is 352 g/mol. The monoisotopic (exact) mass is 352 g/mol. The second kappa shape index (κ2) is 9.38. The predicted molar refractivity (Wildman–Crippen MR) is 99.9 cm³/mol. The Hall–Kier alpha value is -3.94. The van der Waals surface area contributed by atoms with Crippen LogP contribution in [0.3, 0.4) is 0 Å². The van der Waals surface area contributed by atoms with Gasteiger partial charge in [-0.3, -0.25) is 20.2 Å². The molecule has 0 bridgehead atoms. The number of nitrogens with one attached hydrogen (secondary N) is 2. The lowest BCUT2D eigenvalue weighted by atomic mass is 10.3. The molecule has 0 aromatic heterocycles. The molecule has 132 valence electrons. The molecule has 0 atom stereocenters. The van der Waals surface area contributed by atoms with Crippen LogP contribution < -0.4 is 10.9 Å². The summed E-state index contributed by atoms with van der Waals surface area (Å²) >= 11 is 0. The van der Waals surface area contributed by atoms with Crippen molar-refractivity contribution in [3.8, 4) is 0 Å². The van der Waals surface area contributed by atoms with Crippen LogP contribution in [0.1, 0.15) is 0 Å². The number of rotatable bonds is 5. The van der Waals surface area contributed by atoms with Gasteiger partial charge in [0.05, 0.1) is 27.3 Å². The maximum atomic E-state index is 10.2. The summed E-state index contributed by atoms with van der Waals surface area (Å²) in [6, 6.07) is 24.6. The van der Waals surface area contributed by atoms with E-state index in [1.54, 1.807) is 0 Å². The first kappa shape index (κ1) is 18.4. The summed E-state index contributed by atoms with van der Waals surface area (Å²) in [5.74, 6) is 0. The first-order chi connectivity index (χ1) is 12.6. The Balaban J connectivity index is 0.000000190. The van der Waals surface area contributed by atoms with E-state index in [2.05, 4.69) is 10.9 Å². The Morgan fingerprint density at radius 2 is 0.962 bits per heavy atom. The third-order valence-corrected chi connectivity index (χ3v) is 3.15. The van der Waals surface area contributed by atoms with Gasteiger partial charge in [0.1, 0.15) is 0 Å². The fraction of sp³-hybridized carbons (Fsp3) is 0. The number of hydrazine groups is 1. The van der Waals surface area contributed by atoms with Crippen LogP contribution >= 0.6 is 0 Å². The van der Waals surface area contributed by atoms with E-state index < -0.39 is 9.85 Å². The minimum Gasteiger partial charge on any atom is -0.301 e. The van der Waals surface area contributed by atoms with Crippen molar-refractivity contribution in [2.24, 2.45) is 0 Å². The van der Waals surface area contributed by atoms with Gasteiger partial charge in [-0.1, -0.05) is 36.4 Å². The van der Waals surface area contributed by atoms with Crippen LogP contribution in [-0.4, -0.2) is 9.85 Å². The van der Waals surface area contributed by atoms with E-state index in [1.807, 2.05) is 60.7 Å². The number of nitrogens with zero attached hydrogens (tertiary/aromatic N) is 2. The molecule has 0 fully saturated rings. The Bertz CT molecular complexity index is 789. The second-order valence-electron chi connectivity index (χ2n) is 5.02. The largest absolute Gasteiger partial charge is 0.301 e. The zero-order valence-electron chi connectivity index (χ0n) is 13.6. The zero-order chi connectivity index (χ0) is 18.8. The lowest BCUT2D eigenvalue weighted by Crippen LogP contribution is -2.07. The molecule has 0 radical (unpaired) electrons. The normalized spacial score (nSPS) is 9.38. The highest BCUT2D eigenvalue weighted by Crippen LogP contribution is 2.18. The molecule has 0 aliphatic heterocycles. The lowest BCUT2D eigenvalue weighted by Gasteiger charge is -2.08. The molecular weight excluding hydrogens is 336 g/mol. The van der Waals surface area contributed by atoms with Gasteiger partial charge in [0.2, 0.25) is 0 Å². The summed E-state index contributed by atoms with van der Waals surface area (Å²) in [6.07, 6.45) is 0. The second-order valence-corrected chi connectivity index (χ2v) is 5.02. The summed E-state index contributed by atoms with van der Waals surface area (Å²) in [5, 5.41) is 20.3. The molecular formula is C18H16N4O4. The van der Waals surface area contributed by atoms with E-state index in [9.17, 15) is 20.2 Å². The summed E-state index contributed by atoms with van der Waals surface area (Å²) in [5.41, 5.74) is 7.78. The molecule has 0 saturated heterocycles. The number of nitro groups is 2. The smallest absolute Gasteiger partial charge is 0.276 e. The summed E-state index contributed by atoms with van der Waals surface area (Å²) in [4.78, 5) is 19.0. The third-order valence-electron chi connectivity index (χ3n) is 3.15. The molecule has 3 rings (SSSR count). The van der Waals surface area contributed by atoms with Gasteiger partial charge < -0.3 is 10.9 Å². The number of nitro benzene ring substituents is 2. The van der Waals surface area contributed by atoms with Crippen LogP contribution in [-0.2, 0) is 0 Å². The maximum absolute atomic E-state index is 10.2. The number of hydrogen-bond donors (Lipinski definition) is 2. The van der Waals surface area contributed by atoms with Gasteiger partial charge in [0, 0.05) is 12.1 Å². The standard InChI is InChI=1S/C12H12N2.C6H4N2O4/c1-3-7-11(8-4-1)13-14-12-9-5-2-6-10-12;9-7(10)5-2-1-3-6(4-5)8(11)12/h1-10,13-14H;1-4H. The predicted octanol–water partition coefficient (Wildman–Crippen LogP) is 4.63. The van der Waals surface area contributed by atoms with Crippen molar-refractivity contribution in [1.29, 1.82) is 0 Å². The molecule has 8 nitrogen and oxygen atoms in total. The van der Waals surface area contributed by atoms with Crippen molar-refractivity contribution < 1.29 is 9.85 Å². The Kier molecular flexibility index (Phi) is 6.64. The zero-order valence-corrected chi connectivity index (χ0v) is 13.6. The number of anilines is 2. The topological polar surface area (TPSA) is 110 Å². The number of hydrogen-bond acceptors (Lipinski definition) is 6.